The molecule has 1 unspecified atom stereocenters. The zero-order chi connectivity index (χ0) is 17.1. The third kappa shape index (κ3) is 3.94. The maximum Gasteiger partial charge on any atom is 0.269 e. The molecular formula is C16H17FN4O2S. The molecule has 0 saturated heterocycles. The van der Waals surface area contributed by atoms with Crippen LogP contribution in [-0.4, -0.2) is 35.1 Å². The molecule has 0 spiro atoms. The van der Waals surface area contributed by atoms with Gasteiger partial charge in [0.1, 0.15) is 11.5 Å². The molecule has 0 bridgehead atoms. The molecule has 0 radical (unpaired) electrons. The number of amides is 2. The molecule has 1 aromatic rings. The third-order valence-corrected chi connectivity index (χ3v) is 4.63. The van der Waals surface area contributed by atoms with Crippen LogP contribution in [0.1, 0.15) is 18.4 Å². The number of hydrogen-bond donors (Lipinski definition) is 2. The van der Waals surface area contributed by atoms with Crippen LogP contribution in [0.25, 0.3) is 0 Å². The predicted molar refractivity (Wildman–Crippen MR) is 90.3 cm³/mol. The van der Waals surface area contributed by atoms with Gasteiger partial charge in [0.2, 0.25) is 5.91 Å². The fourth-order valence-corrected chi connectivity index (χ4v) is 3.25. The molecule has 1 atom stereocenters. The summed E-state index contributed by atoms with van der Waals surface area (Å²) in [6.07, 6.45) is 1.28. The van der Waals surface area contributed by atoms with Gasteiger partial charge in [-0.05, 0) is 23.1 Å². The molecule has 126 valence electrons. The second-order valence-electron chi connectivity index (χ2n) is 5.54. The molecule has 0 saturated carbocycles. The second kappa shape index (κ2) is 7.04. The van der Waals surface area contributed by atoms with E-state index < -0.39 is 0 Å². The van der Waals surface area contributed by atoms with Crippen molar-refractivity contribution >= 4 is 29.3 Å². The molecule has 0 fully saturated rings. The summed E-state index contributed by atoms with van der Waals surface area (Å²) in [6.45, 7) is 0. The Bertz CT molecular complexity index is 717. The first-order valence-corrected chi connectivity index (χ1v) is 8.46. The van der Waals surface area contributed by atoms with Gasteiger partial charge < -0.3 is 10.6 Å². The van der Waals surface area contributed by atoms with Crippen molar-refractivity contribution in [2.24, 2.45) is 5.10 Å². The molecular weight excluding hydrogens is 331 g/mol. The van der Waals surface area contributed by atoms with Crippen molar-refractivity contribution in [2.75, 3.05) is 7.05 Å². The topological polar surface area (TPSA) is 73.8 Å². The van der Waals surface area contributed by atoms with Crippen molar-refractivity contribution in [1.29, 1.82) is 0 Å². The number of nitrogens with one attached hydrogen (secondary N) is 2. The number of allylic oxidation sites excluding steroid dienone is 1. The van der Waals surface area contributed by atoms with Crippen molar-refractivity contribution in [3.05, 3.63) is 46.8 Å². The average molecular weight is 348 g/mol. The first kappa shape index (κ1) is 16.5. The predicted octanol–water partition coefficient (Wildman–Crippen LogP) is 1.55. The van der Waals surface area contributed by atoms with Crippen molar-refractivity contribution in [2.45, 2.75) is 24.8 Å². The smallest absolute Gasteiger partial charge is 0.269 e. The van der Waals surface area contributed by atoms with E-state index in [2.05, 4.69) is 15.7 Å². The standard InChI is InChI=1S/C16H17FN4O2S/c1-21-14(22)7-6-13(20-21)15(23)19-16-18-12(9-24-16)8-10-2-4-11(17)5-3-10/h2-5,9,16,18H,6-8H2,1H3,(H,19,23). The van der Waals surface area contributed by atoms with Crippen LogP contribution in [0.3, 0.4) is 0 Å². The highest BCUT2D eigenvalue weighted by molar-refractivity contribution is 8.02. The summed E-state index contributed by atoms with van der Waals surface area (Å²) in [4.78, 5) is 23.6. The minimum Gasteiger partial charge on any atom is -0.359 e. The summed E-state index contributed by atoms with van der Waals surface area (Å²) in [5.41, 5.74) is 2.01. The molecule has 1 aromatic carbocycles. The van der Waals surface area contributed by atoms with Crippen LogP contribution in [0, 0.1) is 5.82 Å². The number of carbonyl (C=O) groups is 2. The lowest BCUT2D eigenvalue weighted by atomic mass is 10.1. The summed E-state index contributed by atoms with van der Waals surface area (Å²) < 4.78 is 12.9. The van der Waals surface area contributed by atoms with Gasteiger partial charge in [-0.3, -0.25) is 9.59 Å². The van der Waals surface area contributed by atoms with Gasteiger partial charge in [-0.1, -0.05) is 23.9 Å². The number of thioether (sulfide) groups is 1. The Hall–Kier alpha value is -2.35. The monoisotopic (exact) mass is 348 g/mol. The number of hydrogen-bond acceptors (Lipinski definition) is 5. The summed E-state index contributed by atoms with van der Waals surface area (Å²) in [7, 11) is 1.54. The van der Waals surface area contributed by atoms with Gasteiger partial charge in [-0.25, -0.2) is 9.40 Å². The minimum atomic E-state index is -0.282. The van der Waals surface area contributed by atoms with Gasteiger partial charge in [-0.2, -0.15) is 5.10 Å². The largest absolute Gasteiger partial charge is 0.359 e. The van der Waals surface area contributed by atoms with Crippen molar-refractivity contribution in [3.8, 4) is 0 Å². The lowest BCUT2D eigenvalue weighted by Crippen LogP contribution is -2.45. The minimum absolute atomic E-state index is 0.0943. The SMILES string of the molecule is CN1N=C(C(=O)NC2NC(Cc3ccc(F)cc3)=CS2)CCC1=O. The molecule has 2 heterocycles. The number of benzene rings is 1. The first-order valence-electron chi connectivity index (χ1n) is 7.51. The Morgan fingerprint density at radius 2 is 2.17 bits per heavy atom. The van der Waals surface area contributed by atoms with E-state index in [1.54, 1.807) is 19.2 Å². The van der Waals surface area contributed by atoms with Crippen LogP contribution >= 0.6 is 11.8 Å². The fraction of sp³-hybridized carbons (Fsp3) is 0.312. The zero-order valence-corrected chi connectivity index (χ0v) is 13.9. The van der Waals surface area contributed by atoms with Crippen molar-refractivity contribution < 1.29 is 14.0 Å². The van der Waals surface area contributed by atoms with Crippen molar-refractivity contribution in [1.82, 2.24) is 15.6 Å². The van der Waals surface area contributed by atoms with E-state index in [1.165, 1.54) is 28.9 Å². The van der Waals surface area contributed by atoms with E-state index in [1.807, 2.05) is 5.41 Å². The van der Waals surface area contributed by atoms with Gasteiger partial charge in [0, 0.05) is 32.0 Å². The quantitative estimate of drug-likeness (QED) is 0.866. The highest BCUT2D eigenvalue weighted by Gasteiger charge is 2.25. The Kier molecular flexibility index (Phi) is 4.84. The lowest BCUT2D eigenvalue weighted by molar-refractivity contribution is -0.130. The molecule has 0 aliphatic carbocycles. The Morgan fingerprint density at radius 3 is 2.88 bits per heavy atom. The maximum absolute atomic E-state index is 12.9. The Balaban J connectivity index is 1.52. The van der Waals surface area contributed by atoms with Crippen LogP contribution in [0.5, 0.6) is 0 Å². The molecule has 2 aliphatic heterocycles. The third-order valence-electron chi connectivity index (χ3n) is 3.70. The van der Waals surface area contributed by atoms with E-state index >= 15 is 0 Å². The fourth-order valence-electron chi connectivity index (χ4n) is 2.41. The van der Waals surface area contributed by atoms with Crippen LogP contribution in [0.4, 0.5) is 4.39 Å². The van der Waals surface area contributed by atoms with Gasteiger partial charge in [0.15, 0.2) is 5.50 Å². The van der Waals surface area contributed by atoms with Gasteiger partial charge in [0.05, 0.1) is 0 Å². The molecule has 24 heavy (non-hydrogen) atoms. The van der Waals surface area contributed by atoms with E-state index in [9.17, 15) is 14.0 Å². The molecule has 6 nitrogen and oxygen atoms in total. The van der Waals surface area contributed by atoms with Crippen molar-refractivity contribution in [3.63, 3.8) is 0 Å². The first-order chi connectivity index (χ1) is 11.5. The number of rotatable bonds is 4. The summed E-state index contributed by atoms with van der Waals surface area (Å²) in [5.74, 6) is -0.637. The molecule has 2 N–H and O–H groups in total. The van der Waals surface area contributed by atoms with E-state index in [4.69, 9.17) is 0 Å². The lowest BCUT2D eigenvalue weighted by Gasteiger charge is -2.20. The molecule has 3 rings (SSSR count). The summed E-state index contributed by atoms with van der Waals surface area (Å²) in [5, 5.41) is 13.2. The molecule has 0 aromatic heterocycles. The molecule has 8 heteroatoms. The summed E-state index contributed by atoms with van der Waals surface area (Å²) in [6, 6.07) is 6.32. The maximum atomic E-state index is 12.9. The van der Waals surface area contributed by atoms with Crippen LogP contribution in [0.15, 0.2) is 40.5 Å². The Labute approximate surface area is 143 Å². The highest BCUT2D eigenvalue weighted by Crippen LogP contribution is 2.22. The van der Waals surface area contributed by atoms with Crippen LogP contribution in [-0.2, 0) is 16.0 Å². The molecule has 2 amide bonds. The number of nitrogens with zero attached hydrogens (tertiary/aromatic N) is 2. The summed E-state index contributed by atoms with van der Waals surface area (Å²) >= 11 is 1.45. The second-order valence-corrected chi connectivity index (χ2v) is 6.52. The van der Waals surface area contributed by atoms with Gasteiger partial charge in [-0.15, -0.1) is 0 Å². The van der Waals surface area contributed by atoms with E-state index in [0.717, 1.165) is 11.3 Å². The van der Waals surface area contributed by atoms with Gasteiger partial charge in [0.25, 0.3) is 5.91 Å². The van der Waals surface area contributed by atoms with E-state index in [0.29, 0.717) is 25.0 Å². The highest BCUT2D eigenvalue weighted by atomic mass is 32.2. The van der Waals surface area contributed by atoms with Gasteiger partial charge >= 0.3 is 0 Å². The number of carbonyl (C=O) groups excluding carboxylic acids is 2. The van der Waals surface area contributed by atoms with Crippen LogP contribution in [0.2, 0.25) is 0 Å². The zero-order valence-electron chi connectivity index (χ0n) is 13.1. The average Bonchev–Trinajstić information content (AvgIpc) is 2.99. The number of hydrazone groups is 1. The number of halogens is 1. The molecule has 2 aliphatic rings. The Morgan fingerprint density at radius 1 is 1.42 bits per heavy atom. The normalized spacial score (nSPS) is 20.3. The van der Waals surface area contributed by atoms with Crippen LogP contribution < -0.4 is 10.6 Å². The van der Waals surface area contributed by atoms with E-state index in [-0.39, 0.29) is 23.1 Å².